The number of nitrogens with two attached hydrogens (primary N) is 1. The molecule has 90 valence electrons. The molecule has 1 aliphatic heterocycles. The predicted molar refractivity (Wildman–Crippen MR) is 74.6 cm³/mol. The van der Waals surface area contributed by atoms with Crippen LogP contribution in [0.25, 0.3) is 0 Å². The third-order valence-electron chi connectivity index (χ3n) is 2.46. The maximum absolute atomic E-state index is 5.59. The summed E-state index contributed by atoms with van der Waals surface area (Å²) in [5, 5.41) is 3.22. The first-order chi connectivity index (χ1) is 8.31. The van der Waals surface area contributed by atoms with Crippen molar-refractivity contribution in [1.82, 2.24) is 5.32 Å². The van der Waals surface area contributed by atoms with Gasteiger partial charge in [0.2, 0.25) is 0 Å². The van der Waals surface area contributed by atoms with E-state index < -0.39 is 0 Å². The Hall–Kier alpha value is -2.03. The van der Waals surface area contributed by atoms with Crippen molar-refractivity contribution in [2.45, 2.75) is 13.3 Å². The van der Waals surface area contributed by atoms with E-state index in [1.807, 2.05) is 37.4 Å². The molecule has 1 heterocycles. The summed E-state index contributed by atoms with van der Waals surface area (Å²) in [6.45, 7) is 6.24. The van der Waals surface area contributed by atoms with Crippen molar-refractivity contribution in [2.24, 2.45) is 10.7 Å². The summed E-state index contributed by atoms with van der Waals surface area (Å²) >= 11 is 0. The zero-order valence-electron chi connectivity index (χ0n) is 10.2. The number of rotatable bonds is 5. The Morgan fingerprint density at radius 2 is 2.47 bits per heavy atom. The second-order valence-electron chi connectivity index (χ2n) is 3.68. The van der Waals surface area contributed by atoms with Crippen LogP contribution in [0.2, 0.25) is 0 Å². The highest BCUT2D eigenvalue weighted by atomic mass is 14.9. The minimum absolute atomic E-state index is 0.842. The van der Waals surface area contributed by atoms with Crippen molar-refractivity contribution in [3.8, 4) is 0 Å². The van der Waals surface area contributed by atoms with Crippen LogP contribution >= 0.6 is 0 Å². The van der Waals surface area contributed by atoms with E-state index in [9.17, 15) is 0 Å². The van der Waals surface area contributed by atoms with Crippen molar-refractivity contribution in [1.29, 1.82) is 0 Å². The first kappa shape index (κ1) is 13.0. The molecule has 3 nitrogen and oxygen atoms in total. The molecule has 3 heteroatoms. The first-order valence-electron chi connectivity index (χ1n) is 5.59. The van der Waals surface area contributed by atoms with Crippen molar-refractivity contribution in [2.75, 3.05) is 6.54 Å². The zero-order chi connectivity index (χ0) is 12.5. The quantitative estimate of drug-likeness (QED) is 0.562. The van der Waals surface area contributed by atoms with Crippen LogP contribution in [0.4, 0.5) is 0 Å². The third kappa shape index (κ3) is 4.15. The molecule has 1 aliphatic rings. The van der Waals surface area contributed by atoms with E-state index >= 15 is 0 Å². The molecule has 1 rings (SSSR count). The Labute approximate surface area is 103 Å². The van der Waals surface area contributed by atoms with Crippen molar-refractivity contribution >= 4 is 6.72 Å². The fourth-order valence-electron chi connectivity index (χ4n) is 1.65. The van der Waals surface area contributed by atoms with Crippen LogP contribution in [0, 0.1) is 0 Å². The lowest BCUT2D eigenvalue weighted by molar-refractivity contribution is 1.01. The van der Waals surface area contributed by atoms with E-state index in [0.717, 1.165) is 18.5 Å². The van der Waals surface area contributed by atoms with Crippen LogP contribution in [0.15, 0.2) is 64.6 Å². The van der Waals surface area contributed by atoms with Crippen molar-refractivity contribution < 1.29 is 0 Å². The van der Waals surface area contributed by atoms with E-state index in [1.165, 1.54) is 11.1 Å². The fraction of sp³-hybridized carbons (Fsp3) is 0.214. The fourth-order valence-corrected chi connectivity index (χ4v) is 1.65. The smallest absolute Gasteiger partial charge is 0.0398 e. The van der Waals surface area contributed by atoms with E-state index in [1.54, 1.807) is 12.4 Å². The second-order valence-corrected chi connectivity index (χ2v) is 3.68. The Morgan fingerprint density at radius 1 is 1.65 bits per heavy atom. The minimum Gasteiger partial charge on any atom is -0.404 e. The van der Waals surface area contributed by atoms with Crippen LogP contribution in [-0.2, 0) is 0 Å². The molecule has 0 amide bonds. The Kier molecular flexibility index (Phi) is 5.58. The summed E-state index contributed by atoms with van der Waals surface area (Å²) in [7, 11) is 0. The normalized spacial score (nSPS) is 19.0. The molecule has 0 saturated carbocycles. The van der Waals surface area contributed by atoms with Crippen LogP contribution in [0.3, 0.4) is 0 Å². The van der Waals surface area contributed by atoms with Gasteiger partial charge in [-0.25, -0.2) is 0 Å². The van der Waals surface area contributed by atoms with E-state index in [-0.39, 0.29) is 0 Å². The van der Waals surface area contributed by atoms with Gasteiger partial charge in [0.25, 0.3) is 0 Å². The summed E-state index contributed by atoms with van der Waals surface area (Å²) in [6.07, 6.45) is 14.2. The number of allylic oxidation sites excluding steroid dienone is 5. The topological polar surface area (TPSA) is 50.4 Å². The molecule has 3 N–H and O–H groups in total. The van der Waals surface area contributed by atoms with Gasteiger partial charge < -0.3 is 11.1 Å². The van der Waals surface area contributed by atoms with E-state index in [4.69, 9.17) is 5.73 Å². The number of hydrogen-bond donors (Lipinski definition) is 2. The maximum atomic E-state index is 5.59. The standard InChI is InChI=1S/C14H19N3/c1-3-5-12(9-15)8-14-11-17-10-13(14)6-4-7-16-2/h3-7,9,11,17H,2,8,10,15H2,1H3/b5-3-,7-4-,12-9+,13-6+. The lowest BCUT2D eigenvalue weighted by Gasteiger charge is -2.04. The number of hydrogen-bond acceptors (Lipinski definition) is 3. The molecule has 0 saturated heterocycles. The molecule has 0 aliphatic carbocycles. The van der Waals surface area contributed by atoms with Gasteiger partial charge in [0.15, 0.2) is 0 Å². The number of aliphatic imine (C=N–C) groups is 1. The summed E-state index contributed by atoms with van der Waals surface area (Å²) in [6, 6.07) is 0. The summed E-state index contributed by atoms with van der Waals surface area (Å²) < 4.78 is 0. The summed E-state index contributed by atoms with van der Waals surface area (Å²) in [5.41, 5.74) is 9.21. The van der Waals surface area contributed by atoms with Crippen LogP contribution < -0.4 is 11.1 Å². The van der Waals surface area contributed by atoms with E-state index in [0.29, 0.717) is 0 Å². The molecule has 0 bridgehead atoms. The van der Waals surface area contributed by atoms with Gasteiger partial charge >= 0.3 is 0 Å². The third-order valence-corrected chi connectivity index (χ3v) is 2.46. The maximum Gasteiger partial charge on any atom is 0.0398 e. The van der Waals surface area contributed by atoms with E-state index in [2.05, 4.69) is 17.0 Å². The predicted octanol–water partition coefficient (Wildman–Crippen LogP) is 2.42. The molecule has 0 aromatic heterocycles. The molecule has 0 fully saturated rings. The highest BCUT2D eigenvalue weighted by Crippen LogP contribution is 2.22. The van der Waals surface area contributed by atoms with Crippen molar-refractivity contribution in [3.63, 3.8) is 0 Å². The zero-order valence-corrected chi connectivity index (χ0v) is 10.2. The van der Waals surface area contributed by atoms with Crippen LogP contribution in [-0.4, -0.2) is 13.3 Å². The van der Waals surface area contributed by atoms with Crippen LogP contribution in [0.5, 0.6) is 0 Å². The van der Waals surface area contributed by atoms with Gasteiger partial charge in [-0.1, -0.05) is 18.2 Å². The molecule has 17 heavy (non-hydrogen) atoms. The highest BCUT2D eigenvalue weighted by molar-refractivity contribution is 5.43. The van der Waals surface area contributed by atoms with Gasteiger partial charge in [0.05, 0.1) is 0 Å². The van der Waals surface area contributed by atoms with Gasteiger partial charge in [0, 0.05) is 25.4 Å². The van der Waals surface area contributed by atoms with Gasteiger partial charge in [0.1, 0.15) is 0 Å². The van der Waals surface area contributed by atoms with Crippen molar-refractivity contribution in [3.05, 3.63) is 59.6 Å². The Morgan fingerprint density at radius 3 is 3.12 bits per heavy atom. The monoisotopic (exact) mass is 229 g/mol. The Balaban J connectivity index is 2.73. The molecular formula is C14H19N3. The lowest BCUT2D eigenvalue weighted by Crippen LogP contribution is -2.00. The number of nitrogens with one attached hydrogen (secondary N) is 1. The molecule has 0 atom stereocenters. The molecule has 0 aromatic carbocycles. The SMILES string of the molecule is C=N/C=C\C=C1/CNC=C1CC(/C=C\C)=C/N. The van der Waals surface area contributed by atoms with Gasteiger partial charge in [-0.3, -0.25) is 4.99 Å². The van der Waals surface area contributed by atoms with Gasteiger partial charge in [-0.15, -0.1) is 0 Å². The summed E-state index contributed by atoms with van der Waals surface area (Å²) in [5.74, 6) is 0. The molecule has 0 spiro atoms. The van der Waals surface area contributed by atoms with Crippen LogP contribution in [0.1, 0.15) is 13.3 Å². The lowest BCUT2D eigenvalue weighted by atomic mass is 10.0. The first-order valence-corrected chi connectivity index (χ1v) is 5.59. The Bertz CT molecular complexity index is 409. The van der Waals surface area contributed by atoms with Gasteiger partial charge in [-0.05, 0) is 42.6 Å². The molecule has 0 aromatic rings. The average Bonchev–Trinajstić information content (AvgIpc) is 2.76. The number of nitrogens with zero attached hydrogens (tertiary/aromatic N) is 1. The largest absolute Gasteiger partial charge is 0.404 e. The summed E-state index contributed by atoms with van der Waals surface area (Å²) in [4.78, 5) is 3.67. The molecule has 0 unspecified atom stereocenters. The van der Waals surface area contributed by atoms with Gasteiger partial charge in [-0.2, -0.15) is 0 Å². The second kappa shape index (κ2) is 7.28. The molecular weight excluding hydrogens is 210 g/mol. The minimum atomic E-state index is 0.842. The molecule has 0 radical (unpaired) electrons. The average molecular weight is 229 g/mol. The highest BCUT2D eigenvalue weighted by Gasteiger charge is 2.10.